The van der Waals surface area contributed by atoms with Crippen molar-refractivity contribution in [2.45, 2.75) is 5.38 Å². The molecule has 60 valence electrons. The highest BCUT2D eigenvalue weighted by Crippen LogP contribution is 2.30. The van der Waals surface area contributed by atoms with Crippen molar-refractivity contribution in [1.82, 2.24) is 0 Å². The molecule has 1 unspecified atom stereocenters. The Hall–Kier alpha value is -1.08. The molecule has 1 aromatic carbocycles. The summed E-state index contributed by atoms with van der Waals surface area (Å²) in [6.07, 6.45) is 1.59. The fourth-order valence-electron chi connectivity index (χ4n) is 1.22. The van der Waals surface area contributed by atoms with Crippen molar-refractivity contribution < 1.29 is 4.79 Å². The Morgan fingerprint density at radius 3 is 2.33 bits per heavy atom. The van der Waals surface area contributed by atoms with Gasteiger partial charge in [-0.3, -0.25) is 4.79 Å². The molecule has 0 saturated heterocycles. The van der Waals surface area contributed by atoms with Gasteiger partial charge in [-0.25, -0.2) is 0 Å². The Labute approximate surface area is 75.7 Å². The predicted molar refractivity (Wildman–Crippen MR) is 49.1 cm³/mol. The van der Waals surface area contributed by atoms with E-state index in [-0.39, 0.29) is 5.78 Å². The minimum absolute atomic E-state index is 0.00974. The number of allylic oxidation sites excluding steroid dienone is 2. The number of carbonyl (C=O) groups excluding carboxylic acids is 1. The molecule has 0 heterocycles. The number of ketones is 1. The summed E-state index contributed by atoms with van der Waals surface area (Å²) < 4.78 is 0. The van der Waals surface area contributed by atoms with Crippen molar-refractivity contribution in [3.8, 4) is 0 Å². The van der Waals surface area contributed by atoms with Crippen LogP contribution in [0.5, 0.6) is 0 Å². The Bertz CT molecular complexity index is 340. The molecule has 1 atom stereocenters. The SMILES string of the molecule is O=C1C=C(c2ccccc2)C1Cl. The first kappa shape index (κ1) is 7.56. The summed E-state index contributed by atoms with van der Waals surface area (Å²) in [6.45, 7) is 0. The molecule has 1 aliphatic rings. The summed E-state index contributed by atoms with van der Waals surface area (Å²) in [5.41, 5.74) is 1.97. The van der Waals surface area contributed by atoms with E-state index in [0.717, 1.165) is 11.1 Å². The van der Waals surface area contributed by atoms with Crippen LogP contribution in [-0.4, -0.2) is 11.2 Å². The van der Waals surface area contributed by atoms with E-state index in [1.165, 1.54) is 0 Å². The van der Waals surface area contributed by atoms with E-state index in [1.54, 1.807) is 6.08 Å². The summed E-state index contributed by atoms with van der Waals surface area (Å²) in [5.74, 6) is 0.00974. The van der Waals surface area contributed by atoms with Crippen molar-refractivity contribution in [3.05, 3.63) is 42.0 Å². The standard InChI is InChI=1S/C10H7ClO/c11-10-8(6-9(10)12)7-4-2-1-3-5-7/h1-6,10H. The van der Waals surface area contributed by atoms with Crippen LogP contribution >= 0.6 is 11.6 Å². The Kier molecular flexibility index (Phi) is 1.74. The van der Waals surface area contributed by atoms with Gasteiger partial charge in [0.25, 0.3) is 0 Å². The Balaban J connectivity index is 2.35. The molecule has 1 aliphatic carbocycles. The number of hydrogen-bond acceptors (Lipinski definition) is 1. The minimum atomic E-state index is -0.424. The lowest BCUT2D eigenvalue weighted by Gasteiger charge is -2.19. The molecule has 0 bridgehead atoms. The molecule has 1 nitrogen and oxygen atoms in total. The largest absolute Gasteiger partial charge is 0.293 e. The zero-order valence-electron chi connectivity index (χ0n) is 6.33. The van der Waals surface area contributed by atoms with Crippen LogP contribution in [0, 0.1) is 0 Å². The van der Waals surface area contributed by atoms with Gasteiger partial charge in [-0.15, -0.1) is 11.6 Å². The lowest BCUT2D eigenvalue weighted by molar-refractivity contribution is -0.114. The number of halogens is 1. The van der Waals surface area contributed by atoms with Crippen LogP contribution < -0.4 is 0 Å². The van der Waals surface area contributed by atoms with Crippen LogP contribution in [0.25, 0.3) is 5.57 Å². The molecule has 1 aromatic rings. The lowest BCUT2D eigenvalue weighted by Crippen LogP contribution is -2.23. The summed E-state index contributed by atoms with van der Waals surface area (Å²) in [7, 11) is 0. The molecule has 0 N–H and O–H groups in total. The van der Waals surface area contributed by atoms with E-state index >= 15 is 0 Å². The Morgan fingerprint density at radius 1 is 1.17 bits per heavy atom. The number of rotatable bonds is 1. The van der Waals surface area contributed by atoms with Crippen LogP contribution in [0.2, 0.25) is 0 Å². The minimum Gasteiger partial charge on any atom is -0.293 e. The second-order valence-corrected chi connectivity index (χ2v) is 3.17. The van der Waals surface area contributed by atoms with Gasteiger partial charge in [0, 0.05) is 0 Å². The molecule has 2 rings (SSSR count). The first-order valence-corrected chi connectivity index (χ1v) is 4.17. The number of carbonyl (C=O) groups is 1. The van der Waals surface area contributed by atoms with E-state index in [2.05, 4.69) is 0 Å². The van der Waals surface area contributed by atoms with Gasteiger partial charge in [-0.05, 0) is 17.2 Å². The second-order valence-electron chi connectivity index (χ2n) is 2.73. The van der Waals surface area contributed by atoms with Gasteiger partial charge in [0.1, 0.15) is 5.38 Å². The van der Waals surface area contributed by atoms with Crippen LogP contribution in [0.3, 0.4) is 0 Å². The molecule has 0 aliphatic heterocycles. The summed E-state index contributed by atoms with van der Waals surface area (Å²) in [5, 5.41) is -0.424. The average molecular weight is 179 g/mol. The maximum Gasteiger partial charge on any atom is 0.178 e. The highest BCUT2D eigenvalue weighted by Gasteiger charge is 2.28. The molecule has 0 aromatic heterocycles. The number of benzene rings is 1. The number of hydrogen-bond donors (Lipinski definition) is 0. The third kappa shape index (κ3) is 1.07. The fourth-order valence-corrected chi connectivity index (χ4v) is 1.47. The van der Waals surface area contributed by atoms with E-state index < -0.39 is 5.38 Å². The van der Waals surface area contributed by atoms with Crippen LogP contribution in [-0.2, 0) is 4.79 Å². The monoisotopic (exact) mass is 178 g/mol. The van der Waals surface area contributed by atoms with Crippen molar-refractivity contribution in [2.75, 3.05) is 0 Å². The Morgan fingerprint density at radius 2 is 1.83 bits per heavy atom. The van der Waals surface area contributed by atoms with Crippen molar-refractivity contribution >= 4 is 23.0 Å². The maximum atomic E-state index is 10.8. The molecular weight excluding hydrogens is 172 g/mol. The van der Waals surface area contributed by atoms with Crippen LogP contribution in [0.15, 0.2) is 36.4 Å². The van der Waals surface area contributed by atoms with E-state index in [4.69, 9.17) is 11.6 Å². The van der Waals surface area contributed by atoms with Gasteiger partial charge in [0.05, 0.1) is 0 Å². The third-order valence-electron chi connectivity index (χ3n) is 1.93. The second kappa shape index (κ2) is 2.76. The zero-order valence-corrected chi connectivity index (χ0v) is 7.08. The average Bonchev–Trinajstić information content (AvgIpc) is 2.15. The predicted octanol–water partition coefficient (Wildman–Crippen LogP) is 2.26. The molecule has 12 heavy (non-hydrogen) atoms. The molecule has 0 amide bonds. The molecular formula is C10H7ClO. The quantitative estimate of drug-likeness (QED) is 0.603. The smallest absolute Gasteiger partial charge is 0.178 e. The van der Waals surface area contributed by atoms with Crippen molar-refractivity contribution in [3.63, 3.8) is 0 Å². The first-order valence-electron chi connectivity index (χ1n) is 3.74. The lowest BCUT2D eigenvalue weighted by atomic mass is 9.90. The summed E-state index contributed by atoms with van der Waals surface area (Å²) in [6, 6.07) is 9.71. The molecule has 2 heteroatoms. The molecule has 0 fully saturated rings. The molecule has 0 saturated carbocycles. The molecule has 0 radical (unpaired) electrons. The van der Waals surface area contributed by atoms with Crippen molar-refractivity contribution in [2.24, 2.45) is 0 Å². The van der Waals surface area contributed by atoms with Crippen LogP contribution in [0.4, 0.5) is 0 Å². The maximum absolute atomic E-state index is 10.8. The normalized spacial score (nSPS) is 21.6. The fraction of sp³-hybridized carbons (Fsp3) is 0.100. The summed E-state index contributed by atoms with van der Waals surface area (Å²) in [4.78, 5) is 10.8. The highest BCUT2D eigenvalue weighted by atomic mass is 35.5. The van der Waals surface area contributed by atoms with E-state index in [0.29, 0.717) is 0 Å². The first-order chi connectivity index (χ1) is 5.79. The van der Waals surface area contributed by atoms with Gasteiger partial charge in [0.15, 0.2) is 5.78 Å². The highest BCUT2D eigenvalue weighted by molar-refractivity contribution is 6.44. The van der Waals surface area contributed by atoms with E-state index in [1.807, 2.05) is 30.3 Å². The number of alkyl halides is 1. The van der Waals surface area contributed by atoms with Gasteiger partial charge in [0.2, 0.25) is 0 Å². The third-order valence-corrected chi connectivity index (χ3v) is 2.38. The van der Waals surface area contributed by atoms with Crippen LogP contribution in [0.1, 0.15) is 5.56 Å². The topological polar surface area (TPSA) is 17.1 Å². The zero-order chi connectivity index (χ0) is 8.55. The van der Waals surface area contributed by atoms with Gasteiger partial charge >= 0.3 is 0 Å². The van der Waals surface area contributed by atoms with E-state index in [9.17, 15) is 4.79 Å². The van der Waals surface area contributed by atoms with Gasteiger partial charge in [-0.1, -0.05) is 30.3 Å². The molecule has 0 spiro atoms. The van der Waals surface area contributed by atoms with Gasteiger partial charge < -0.3 is 0 Å². The summed E-state index contributed by atoms with van der Waals surface area (Å²) >= 11 is 5.78. The van der Waals surface area contributed by atoms with Gasteiger partial charge in [-0.2, -0.15) is 0 Å². The van der Waals surface area contributed by atoms with Crippen molar-refractivity contribution in [1.29, 1.82) is 0 Å².